The van der Waals surface area contributed by atoms with Crippen LogP contribution < -0.4 is 10.1 Å². The van der Waals surface area contributed by atoms with E-state index in [1.165, 1.54) is 0 Å². The molecule has 2 N–H and O–H groups in total. The number of esters is 1. The quantitative estimate of drug-likeness (QED) is 0.276. The van der Waals surface area contributed by atoms with Crippen molar-refractivity contribution >= 4 is 30.6 Å². The molecule has 0 heterocycles. The van der Waals surface area contributed by atoms with Gasteiger partial charge in [0.1, 0.15) is 18.5 Å². The number of aliphatic hydroxyl groups excluding tert-OH is 1. The number of ether oxygens (including phenoxy) is 3. The molecule has 0 bridgehead atoms. The molecule has 31 heavy (non-hydrogen) atoms. The van der Waals surface area contributed by atoms with Gasteiger partial charge in [-0.15, -0.1) is 0 Å². The Hall–Kier alpha value is -3.04. The van der Waals surface area contributed by atoms with Crippen LogP contribution >= 0.6 is 12.6 Å². The average molecular weight is 448 g/mol. The summed E-state index contributed by atoms with van der Waals surface area (Å²) in [6.45, 7) is 0.0249. The van der Waals surface area contributed by atoms with Crippen molar-refractivity contribution in [2.45, 2.75) is 18.9 Å². The second kappa shape index (κ2) is 13.3. The second-order valence-electron chi connectivity index (χ2n) is 6.34. The number of imide groups is 1. The molecule has 0 fully saturated rings. The summed E-state index contributed by atoms with van der Waals surface area (Å²) in [6.07, 6.45) is -0.971. The molecule has 2 aromatic carbocycles. The third kappa shape index (κ3) is 8.31. The number of benzene rings is 2. The monoisotopic (exact) mass is 447 g/mol. The normalized spacial score (nSPS) is 11.3. The number of nitrogens with one attached hydrogen (secondary N) is 1. The number of rotatable bonds is 11. The molecule has 0 saturated carbocycles. The van der Waals surface area contributed by atoms with Gasteiger partial charge in [-0.1, -0.05) is 36.4 Å². The maximum atomic E-state index is 12.4. The molecule has 0 aromatic heterocycles. The summed E-state index contributed by atoms with van der Waals surface area (Å²) in [4.78, 5) is 35.9. The molecule has 2 amide bonds. The van der Waals surface area contributed by atoms with Crippen LogP contribution in [0.5, 0.6) is 5.75 Å². The summed E-state index contributed by atoms with van der Waals surface area (Å²) in [7, 11) is 0. The van der Waals surface area contributed by atoms with E-state index in [4.69, 9.17) is 19.3 Å². The average Bonchev–Trinajstić information content (AvgIpc) is 2.80. The van der Waals surface area contributed by atoms with E-state index >= 15 is 0 Å². The first-order valence-corrected chi connectivity index (χ1v) is 10.3. The zero-order valence-electron chi connectivity index (χ0n) is 16.9. The van der Waals surface area contributed by atoms with Crippen LogP contribution in [-0.2, 0) is 14.3 Å². The first kappa shape index (κ1) is 24.2. The van der Waals surface area contributed by atoms with E-state index in [0.717, 1.165) is 0 Å². The highest BCUT2D eigenvalue weighted by Gasteiger charge is 2.22. The topological polar surface area (TPSA) is 111 Å². The maximum Gasteiger partial charge on any atom is 0.414 e. The van der Waals surface area contributed by atoms with Gasteiger partial charge < -0.3 is 19.3 Å². The minimum Gasteiger partial charge on any atom is -0.491 e. The van der Waals surface area contributed by atoms with Gasteiger partial charge in [-0.3, -0.25) is 14.9 Å². The van der Waals surface area contributed by atoms with Crippen LogP contribution in [0.15, 0.2) is 54.6 Å². The van der Waals surface area contributed by atoms with Crippen LogP contribution in [0.3, 0.4) is 0 Å². The third-order valence-corrected chi connectivity index (χ3v) is 4.38. The second-order valence-corrected chi connectivity index (χ2v) is 6.66. The fourth-order valence-electron chi connectivity index (χ4n) is 2.72. The molecule has 2 aromatic rings. The van der Waals surface area contributed by atoms with Crippen LogP contribution in [0.1, 0.15) is 34.9 Å². The highest BCUT2D eigenvalue weighted by Crippen LogP contribution is 2.31. The number of alkyl carbamates (subject to hydrolysis) is 1. The lowest BCUT2D eigenvalue weighted by molar-refractivity contribution is -0.140. The number of hydrogen-bond acceptors (Lipinski definition) is 8. The lowest BCUT2D eigenvalue weighted by Crippen LogP contribution is -2.32. The Bertz CT molecular complexity index is 860. The molecule has 9 heteroatoms. The fourth-order valence-corrected chi connectivity index (χ4v) is 2.82. The minimum absolute atomic E-state index is 0.0260. The van der Waals surface area contributed by atoms with Gasteiger partial charge in [0.05, 0.1) is 19.0 Å². The smallest absolute Gasteiger partial charge is 0.414 e. The zero-order valence-corrected chi connectivity index (χ0v) is 17.8. The maximum absolute atomic E-state index is 12.4. The molecule has 166 valence electrons. The fraction of sp³-hybridized carbons (Fsp3) is 0.318. The Kier molecular flexibility index (Phi) is 10.4. The van der Waals surface area contributed by atoms with Gasteiger partial charge >= 0.3 is 12.1 Å². The Balaban J connectivity index is 2.09. The molecule has 8 nitrogen and oxygen atoms in total. The van der Waals surface area contributed by atoms with Crippen molar-refractivity contribution in [3.63, 3.8) is 0 Å². The number of aliphatic hydroxyl groups is 1. The summed E-state index contributed by atoms with van der Waals surface area (Å²) in [6, 6.07) is 15.2. The Labute approximate surface area is 185 Å². The number of carbonyl (C=O) groups excluding carboxylic acids is 3. The van der Waals surface area contributed by atoms with Crippen molar-refractivity contribution in [3.05, 3.63) is 65.7 Å². The van der Waals surface area contributed by atoms with Gasteiger partial charge in [-0.2, -0.15) is 12.6 Å². The largest absolute Gasteiger partial charge is 0.491 e. The summed E-state index contributed by atoms with van der Waals surface area (Å²) in [5.74, 6) is -0.617. The predicted molar refractivity (Wildman–Crippen MR) is 116 cm³/mol. The Morgan fingerprint density at radius 3 is 2.42 bits per heavy atom. The SMILES string of the molecule is O=C(CS)OCCC[C@@H](OC(=O)NC(=O)c1ccccc1)c1ccccc1OCCO. The van der Waals surface area contributed by atoms with Crippen molar-refractivity contribution < 1.29 is 33.7 Å². The number of carbonyl (C=O) groups is 3. The standard InChI is InChI=1S/C22H25NO7S/c24-12-14-28-18-10-5-4-9-17(18)19(11-6-13-29-20(25)15-31)30-22(27)23-21(26)16-7-2-1-3-8-16/h1-5,7-10,19,24,31H,6,11-15H2,(H,23,26,27)/t19-/m1/s1. The van der Waals surface area contributed by atoms with Crippen LogP contribution in [0.2, 0.25) is 0 Å². The van der Waals surface area contributed by atoms with E-state index in [9.17, 15) is 14.4 Å². The van der Waals surface area contributed by atoms with Crippen molar-refractivity contribution in [1.29, 1.82) is 0 Å². The number of thiol groups is 1. The number of hydrogen-bond donors (Lipinski definition) is 3. The van der Waals surface area contributed by atoms with Crippen molar-refractivity contribution in [2.75, 3.05) is 25.6 Å². The predicted octanol–water partition coefficient (Wildman–Crippen LogP) is 2.92. The van der Waals surface area contributed by atoms with E-state index in [2.05, 4.69) is 17.9 Å². The van der Waals surface area contributed by atoms with Gasteiger partial charge in [-0.05, 0) is 31.0 Å². The van der Waals surface area contributed by atoms with Gasteiger partial charge in [0.25, 0.3) is 5.91 Å². The van der Waals surface area contributed by atoms with Crippen molar-refractivity contribution in [2.24, 2.45) is 0 Å². The zero-order chi connectivity index (χ0) is 22.5. The number of amides is 2. The lowest BCUT2D eigenvalue weighted by atomic mass is 10.0. The van der Waals surface area contributed by atoms with Gasteiger partial charge in [-0.25, -0.2) is 4.79 Å². The molecular weight excluding hydrogens is 422 g/mol. The minimum atomic E-state index is -0.914. The summed E-state index contributed by atoms with van der Waals surface area (Å²) < 4.78 is 16.1. The van der Waals surface area contributed by atoms with Gasteiger partial charge in [0, 0.05) is 11.1 Å². The van der Waals surface area contributed by atoms with E-state index in [-0.39, 0.29) is 25.6 Å². The molecule has 1 atom stereocenters. The van der Waals surface area contributed by atoms with Gasteiger partial charge in [0.2, 0.25) is 0 Å². The van der Waals surface area contributed by atoms with Crippen LogP contribution in [-0.4, -0.2) is 48.6 Å². The van der Waals surface area contributed by atoms with E-state index in [1.54, 1.807) is 54.6 Å². The van der Waals surface area contributed by atoms with Crippen molar-refractivity contribution in [3.8, 4) is 5.75 Å². The van der Waals surface area contributed by atoms with Crippen LogP contribution in [0.25, 0.3) is 0 Å². The Morgan fingerprint density at radius 1 is 1.00 bits per heavy atom. The van der Waals surface area contributed by atoms with E-state index in [0.29, 0.717) is 29.7 Å². The highest BCUT2D eigenvalue weighted by atomic mass is 32.1. The molecule has 2 rings (SSSR count). The summed E-state index contributed by atoms with van der Waals surface area (Å²) >= 11 is 3.85. The Morgan fingerprint density at radius 2 is 1.71 bits per heavy atom. The molecule has 0 spiro atoms. The molecule has 0 aliphatic rings. The first-order chi connectivity index (χ1) is 15.0. The number of para-hydroxylation sites is 1. The molecular formula is C22H25NO7S. The lowest BCUT2D eigenvalue weighted by Gasteiger charge is -2.21. The van der Waals surface area contributed by atoms with Crippen LogP contribution in [0.4, 0.5) is 4.79 Å². The molecule has 0 saturated heterocycles. The van der Waals surface area contributed by atoms with E-state index < -0.39 is 24.1 Å². The molecule has 0 radical (unpaired) electrons. The molecule has 0 unspecified atom stereocenters. The first-order valence-electron chi connectivity index (χ1n) is 9.71. The van der Waals surface area contributed by atoms with Gasteiger partial charge in [0.15, 0.2) is 0 Å². The highest BCUT2D eigenvalue weighted by molar-refractivity contribution is 7.81. The summed E-state index contributed by atoms with van der Waals surface area (Å²) in [5, 5.41) is 11.2. The van der Waals surface area contributed by atoms with Crippen molar-refractivity contribution in [1.82, 2.24) is 5.32 Å². The molecule has 0 aliphatic carbocycles. The van der Waals surface area contributed by atoms with E-state index in [1.807, 2.05) is 0 Å². The molecule has 0 aliphatic heterocycles. The van der Waals surface area contributed by atoms with Crippen LogP contribution in [0, 0.1) is 0 Å². The third-order valence-electron chi connectivity index (χ3n) is 4.12. The summed E-state index contributed by atoms with van der Waals surface area (Å²) in [5.41, 5.74) is 0.889.